The molecular formula is C123H210O20. The molecule has 0 radical (unpaired) electrons. The molecule has 0 aliphatic heterocycles. The Labute approximate surface area is 869 Å². The predicted molar refractivity (Wildman–Crippen MR) is 566 cm³/mol. The third kappa shape index (κ3) is 27.8. The Bertz CT molecular complexity index is 4130. The van der Waals surface area contributed by atoms with Crippen LogP contribution < -0.4 is 0 Å². The zero-order valence-corrected chi connectivity index (χ0v) is 97.3. The SMILES string of the molecule is CC.CC.CC.CC.CC.CCC(C)(C)C(=O)OC12CC3CC(C1)CC(C(=O)OC(C)(C)C14CC5CC(CC(C5)C1)C4)(C3)C2.CCC(C)(C)C(=O)OC12CC3CC(C1)CC(C(=O)OC1(C)C4CC5CC(C4)CC1C5)(C3)C2.CCC(C)(C)C(=O)OC12CC3CC(C1)CC(C(=O)OC1(C)CCCCC1)(C3)C2.CCC(C)(C)C(=O)OCC(=O)OC(C)(C)C1CC1.CCC(C)(C)C(=O)OCC(=O)OC(C)(C)C1CCCCC1. The molecule has 23 saturated carbocycles. The van der Waals surface area contributed by atoms with Crippen LogP contribution in [0.2, 0.25) is 0 Å². The summed E-state index contributed by atoms with van der Waals surface area (Å²) in [7, 11) is 0. The summed E-state index contributed by atoms with van der Waals surface area (Å²) in [6, 6.07) is 0. The van der Waals surface area contributed by atoms with Crippen molar-refractivity contribution < 1.29 is 95.3 Å². The van der Waals surface area contributed by atoms with Gasteiger partial charge in [-0.05, 0) is 464 Å². The Morgan fingerprint density at radius 3 is 0.839 bits per heavy atom. The van der Waals surface area contributed by atoms with Crippen molar-refractivity contribution in [2.24, 2.45) is 138 Å². The summed E-state index contributed by atoms with van der Waals surface area (Å²) in [5, 5.41) is 0. The molecule has 6 unspecified atom stereocenters. The Morgan fingerprint density at radius 1 is 0.273 bits per heavy atom. The molecule has 20 heteroatoms. The number of esters is 10. The highest BCUT2D eigenvalue weighted by molar-refractivity contribution is 5.83. The maximum Gasteiger partial charge on any atom is 0.344 e. The zero-order chi connectivity index (χ0) is 107. The molecule has 0 amide bonds. The van der Waals surface area contributed by atoms with Crippen molar-refractivity contribution in [1.82, 2.24) is 0 Å². The van der Waals surface area contributed by atoms with Crippen molar-refractivity contribution in [2.45, 2.75) is 569 Å². The standard InChI is InChI=1S/C30H46O4.C28H42O4.C24H38O4.C17H30O4.C14H24O4.5C2H6/c1-6-26(2,3)24(31)34-30-16-22-10-23(17-30)12-28(11-22,18-30)25(32)33-27(4,5)29-13-19-7-20(14-29)9-21(8-19)15-29;1-5-25(2,3)23(29)32-28-14-19-7-20(15-28)13-27(12-19,16-28)24(30)31-26(4)21-8-17-6-18(10-21)11-22(26)9-17;1-5-21(2,3)19(25)28-24-14-17-11-18(15-24)13-23(12-17,16-24)20(26)27-22(4)9-7-6-8-10-22;1-6-16(2,3)15(19)20-12-14(18)21-17(4,5)13-10-8-7-9-11-13;1-6-13(2,3)12(16)17-9-11(15)18-14(4,5)10-7-8-10;5*1-2/h19-23H,6-18H2,1-5H3;17-22H,5-16H2,1-4H3;17-18H,5-16H2,1-4H3;13H,6-12H2,1-5H3;10H,6-9H2,1-5H3;5*1-2H3. The van der Waals surface area contributed by atoms with Crippen molar-refractivity contribution in [3.05, 3.63) is 0 Å². The van der Waals surface area contributed by atoms with Crippen molar-refractivity contribution >= 4 is 59.7 Å². The van der Waals surface area contributed by atoms with Crippen molar-refractivity contribution in [1.29, 1.82) is 0 Å². The lowest BCUT2D eigenvalue weighted by atomic mass is 9.45. The van der Waals surface area contributed by atoms with Crippen LogP contribution >= 0.6 is 0 Å². The summed E-state index contributed by atoms with van der Waals surface area (Å²) in [5.41, 5.74) is -6.94. The largest absolute Gasteiger partial charge is 0.459 e. The van der Waals surface area contributed by atoms with Gasteiger partial charge < -0.3 is 47.4 Å². The lowest BCUT2D eigenvalue weighted by molar-refractivity contribution is -0.238. The molecule has 23 aliphatic rings. The molecule has 0 aromatic rings. The minimum Gasteiger partial charge on any atom is -0.459 e. The van der Waals surface area contributed by atoms with E-state index >= 15 is 0 Å². The maximum absolute atomic E-state index is 14.1. The minimum atomic E-state index is -0.556. The van der Waals surface area contributed by atoms with Gasteiger partial charge in [0.15, 0.2) is 13.2 Å². The summed E-state index contributed by atoms with van der Waals surface area (Å²) in [5.74, 6) is 7.32. The van der Waals surface area contributed by atoms with Crippen LogP contribution in [0.15, 0.2) is 0 Å². The van der Waals surface area contributed by atoms with Crippen molar-refractivity contribution in [3.8, 4) is 0 Å². The van der Waals surface area contributed by atoms with Crippen molar-refractivity contribution in [3.63, 3.8) is 0 Å². The van der Waals surface area contributed by atoms with Gasteiger partial charge in [0.1, 0.15) is 44.8 Å². The molecule has 822 valence electrons. The average Bonchev–Trinajstić information content (AvgIpc) is 1.14. The monoisotopic (exact) mass is 2010 g/mol. The number of hydrogen-bond acceptors (Lipinski definition) is 20. The number of hydrogen-bond donors (Lipinski definition) is 0. The molecule has 23 aliphatic carbocycles. The Hall–Kier alpha value is -5.30. The summed E-state index contributed by atoms with van der Waals surface area (Å²) in [6.07, 6.45) is 48.4. The van der Waals surface area contributed by atoms with E-state index in [2.05, 4.69) is 27.7 Å². The highest BCUT2D eigenvalue weighted by Gasteiger charge is 2.70. The highest BCUT2D eigenvalue weighted by atomic mass is 16.6. The van der Waals surface area contributed by atoms with E-state index in [4.69, 9.17) is 47.4 Å². The molecule has 20 nitrogen and oxygen atoms in total. The normalized spacial score (nSPS) is 34.8. The van der Waals surface area contributed by atoms with Crippen LogP contribution in [0.4, 0.5) is 0 Å². The van der Waals surface area contributed by atoms with Crippen LogP contribution in [0.5, 0.6) is 0 Å². The molecule has 0 heterocycles. The Morgan fingerprint density at radius 2 is 0.538 bits per heavy atom. The van der Waals surface area contributed by atoms with Gasteiger partial charge in [-0.1, -0.05) is 130 Å². The molecule has 0 aromatic carbocycles. The van der Waals surface area contributed by atoms with E-state index in [1.807, 2.05) is 187 Å². The van der Waals surface area contributed by atoms with Gasteiger partial charge in [0.2, 0.25) is 0 Å². The first-order valence-corrected chi connectivity index (χ1v) is 59.1. The lowest BCUT2D eigenvalue weighted by Crippen LogP contribution is -2.63. The van der Waals surface area contributed by atoms with E-state index in [0.29, 0.717) is 91.3 Å². The predicted octanol–water partition coefficient (Wildman–Crippen LogP) is 30.2. The van der Waals surface area contributed by atoms with Crippen LogP contribution in [0.25, 0.3) is 0 Å². The smallest absolute Gasteiger partial charge is 0.344 e. The van der Waals surface area contributed by atoms with Crippen LogP contribution in [0, 0.1) is 138 Å². The fraction of sp³-hybridized carbons (Fsp3) is 0.919. The molecular weight excluding hydrogens is 1800 g/mol. The van der Waals surface area contributed by atoms with Gasteiger partial charge in [0, 0.05) is 24.7 Å². The fourth-order valence-electron chi connectivity index (χ4n) is 31.0. The second kappa shape index (κ2) is 47.7. The summed E-state index contributed by atoms with van der Waals surface area (Å²) in [4.78, 5) is 128. The molecule has 0 saturated heterocycles. The van der Waals surface area contributed by atoms with Gasteiger partial charge in [-0.3, -0.25) is 38.4 Å². The molecule has 0 spiro atoms. The van der Waals surface area contributed by atoms with Gasteiger partial charge in [0.05, 0.1) is 43.3 Å². The first-order valence-electron chi connectivity index (χ1n) is 59.1. The Balaban J connectivity index is 0.000000198. The van der Waals surface area contributed by atoms with Gasteiger partial charge in [0.25, 0.3) is 0 Å². The summed E-state index contributed by atoms with van der Waals surface area (Å²) in [6.45, 7) is 65.0. The molecule has 6 atom stereocenters. The molecule has 23 fully saturated rings. The van der Waals surface area contributed by atoms with Crippen LogP contribution in [-0.4, -0.2) is 118 Å². The van der Waals surface area contributed by atoms with E-state index < -0.39 is 88.9 Å². The zero-order valence-electron chi connectivity index (χ0n) is 97.3. The number of rotatable bonds is 28. The van der Waals surface area contributed by atoms with Crippen LogP contribution in [-0.2, 0) is 95.3 Å². The second-order valence-electron chi connectivity index (χ2n) is 53.9. The minimum absolute atomic E-state index is 0.00109. The average molecular weight is 2010 g/mol. The quantitative estimate of drug-likeness (QED) is 0.0520. The van der Waals surface area contributed by atoms with Gasteiger partial charge in [-0.25, -0.2) is 9.59 Å². The summed E-state index contributed by atoms with van der Waals surface area (Å²) < 4.78 is 59.5. The van der Waals surface area contributed by atoms with E-state index in [1.165, 1.54) is 116 Å². The van der Waals surface area contributed by atoms with Crippen LogP contribution in [0.3, 0.4) is 0 Å². The Kier molecular flexibility index (Phi) is 40.4. The number of carbonyl (C=O) groups is 10. The number of carbonyl (C=O) groups excluding carboxylic acids is 10. The van der Waals surface area contributed by atoms with E-state index in [0.717, 1.165) is 177 Å². The molecule has 143 heavy (non-hydrogen) atoms. The third-order valence-corrected chi connectivity index (χ3v) is 40.0. The molecule has 23 rings (SSSR count). The van der Waals surface area contributed by atoms with Gasteiger partial charge >= 0.3 is 59.7 Å². The highest BCUT2D eigenvalue weighted by Crippen LogP contribution is 2.71. The first-order chi connectivity index (χ1) is 66.9. The molecule has 0 aromatic heterocycles. The topological polar surface area (TPSA) is 263 Å². The third-order valence-electron chi connectivity index (χ3n) is 40.0. The first kappa shape index (κ1) is 121. The van der Waals surface area contributed by atoms with Crippen LogP contribution in [0.1, 0.15) is 524 Å². The lowest BCUT2D eigenvalue weighted by Gasteiger charge is -2.63. The van der Waals surface area contributed by atoms with E-state index in [9.17, 15) is 47.9 Å². The molecule has 0 N–H and O–H groups in total. The van der Waals surface area contributed by atoms with Crippen molar-refractivity contribution in [2.75, 3.05) is 13.2 Å². The molecule has 20 bridgehead atoms. The number of ether oxygens (including phenoxy) is 10. The summed E-state index contributed by atoms with van der Waals surface area (Å²) >= 11 is 0. The van der Waals surface area contributed by atoms with E-state index in [1.54, 1.807) is 13.8 Å². The second-order valence-corrected chi connectivity index (χ2v) is 53.9. The van der Waals surface area contributed by atoms with Gasteiger partial charge in [-0.2, -0.15) is 0 Å². The van der Waals surface area contributed by atoms with Gasteiger partial charge in [-0.15, -0.1) is 0 Å². The maximum atomic E-state index is 14.1. The van der Waals surface area contributed by atoms with E-state index in [-0.39, 0.29) is 77.6 Å². The fourth-order valence-corrected chi connectivity index (χ4v) is 31.0.